The van der Waals surface area contributed by atoms with Crippen LogP contribution in [0.25, 0.3) is 22.2 Å². The summed E-state index contributed by atoms with van der Waals surface area (Å²) in [7, 11) is 0. The minimum atomic E-state index is -0.342. The molecule has 4 rings (SSSR count). The van der Waals surface area contributed by atoms with E-state index < -0.39 is 0 Å². The molecule has 0 saturated carbocycles. The van der Waals surface area contributed by atoms with Crippen LogP contribution in [0.15, 0.2) is 72.0 Å². The molecule has 25 heavy (non-hydrogen) atoms. The number of H-pyrrole nitrogens is 2. The van der Waals surface area contributed by atoms with Crippen LogP contribution in [0.2, 0.25) is 0 Å². The van der Waals surface area contributed by atoms with Gasteiger partial charge in [0.15, 0.2) is 0 Å². The van der Waals surface area contributed by atoms with Gasteiger partial charge in [-0.25, -0.2) is 5.43 Å². The third kappa shape index (κ3) is 3.05. The number of aromatic amines is 2. The molecule has 2 aromatic carbocycles. The number of fused-ring (bicyclic) bond motifs is 1. The van der Waals surface area contributed by atoms with Crippen molar-refractivity contribution < 1.29 is 4.79 Å². The van der Waals surface area contributed by atoms with Crippen molar-refractivity contribution in [1.29, 1.82) is 0 Å². The van der Waals surface area contributed by atoms with E-state index in [4.69, 9.17) is 0 Å². The quantitative estimate of drug-likeness (QED) is 0.396. The summed E-state index contributed by atoms with van der Waals surface area (Å²) in [6, 6.07) is 19.3. The van der Waals surface area contributed by atoms with E-state index in [2.05, 4.69) is 25.7 Å². The first kappa shape index (κ1) is 14.9. The lowest BCUT2D eigenvalue weighted by molar-refractivity contribution is 0.0950. The van der Waals surface area contributed by atoms with Crippen LogP contribution in [0.1, 0.15) is 16.1 Å². The molecule has 0 spiro atoms. The lowest BCUT2D eigenvalue weighted by Crippen LogP contribution is -2.17. The molecule has 6 nitrogen and oxygen atoms in total. The van der Waals surface area contributed by atoms with Crippen LogP contribution in [0.5, 0.6) is 0 Å². The maximum Gasteiger partial charge on any atom is 0.289 e. The Bertz CT molecular complexity index is 1050. The van der Waals surface area contributed by atoms with E-state index in [1.165, 1.54) is 0 Å². The number of hydrogen-bond donors (Lipinski definition) is 3. The van der Waals surface area contributed by atoms with Crippen molar-refractivity contribution in [3.05, 3.63) is 78.1 Å². The largest absolute Gasteiger partial charge is 0.361 e. The molecule has 3 N–H and O–H groups in total. The first-order chi connectivity index (χ1) is 12.3. The zero-order valence-electron chi connectivity index (χ0n) is 13.2. The summed E-state index contributed by atoms with van der Waals surface area (Å²) in [6.07, 6.45) is 3.47. The maximum absolute atomic E-state index is 12.2. The Hall–Kier alpha value is -3.67. The van der Waals surface area contributed by atoms with Gasteiger partial charge in [0.2, 0.25) is 0 Å². The van der Waals surface area contributed by atoms with Gasteiger partial charge in [-0.2, -0.15) is 10.2 Å². The monoisotopic (exact) mass is 329 g/mol. The number of carbonyl (C=O) groups excluding carboxylic acids is 1. The van der Waals surface area contributed by atoms with Crippen LogP contribution < -0.4 is 5.43 Å². The van der Waals surface area contributed by atoms with Gasteiger partial charge in [0, 0.05) is 28.2 Å². The SMILES string of the molecule is O=C(N/N=C\c1c[nH]c2ccccc12)c1cc(-c2ccccc2)n[nH]1. The number of hydrazone groups is 1. The molecule has 0 aliphatic rings. The maximum atomic E-state index is 12.2. The smallest absolute Gasteiger partial charge is 0.289 e. The van der Waals surface area contributed by atoms with Gasteiger partial charge in [0.05, 0.1) is 11.9 Å². The Kier molecular flexibility index (Phi) is 3.84. The number of amides is 1. The third-order valence-corrected chi connectivity index (χ3v) is 3.88. The molecule has 0 saturated heterocycles. The van der Waals surface area contributed by atoms with Gasteiger partial charge in [-0.1, -0.05) is 48.5 Å². The van der Waals surface area contributed by atoms with Gasteiger partial charge in [-0.05, 0) is 12.1 Å². The number of aromatic nitrogens is 3. The predicted octanol–water partition coefficient (Wildman–Crippen LogP) is 3.32. The highest BCUT2D eigenvalue weighted by Gasteiger charge is 2.10. The van der Waals surface area contributed by atoms with E-state index in [1.807, 2.05) is 60.8 Å². The Balaban J connectivity index is 1.47. The number of rotatable bonds is 4. The predicted molar refractivity (Wildman–Crippen MR) is 97.4 cm³/mol. The molecule has 4 aromatic rings. The summed E-state index contributed by atoms with van der Waals surface area (Å²) in [6.45, 7) is 0. The number of carbonyl (C=O) groups is 1. The topological polar surface area (TPSA) is 85.9 Å². The number of nitrogens with zero attached hydrogens (tertiary/aromatic N) is 2. The summed E-state index contributed by atoms with van der Waals surface area (Å²) < 4.78 is 0. The third-order valence-electron chi connectivity index (χ3n) is 3.88. The Morgan fingerprint density at radius 2 is 1.88 bits per heavy atom. The standard InChI is InChI=1S/C19H15N5O/c25-19(18-10-17(22-23-18)13-6-2-1-3-7-13)24-21-12-14-11-20-16-9-5-4-8-15(14)16/h1-12,20H,(H,22,23)(H,24,25)/b21-12-. The second kappa shape index (κ2) is 6.45. The first-order valence-electron chi connectivity index (χ1n) is 7.81. The molecule has 2 heterocycles. The number of nitrogens with one attached hydrogen (secondary N) is 3. The van der Waals surface area contributed by atoms with Gasteiger partial charge < -0.3 is 4.98 Å². The number of para-hydroxylation sites is 1. The van der Waals surface area contributed by atoms with Crippen molar-refractivity contribution in [3.8, 4) is 11.3 Å². The molecule has 0 bridgehead atoms. The summed E-state index contributed by atoms with van der Waals surface area (Å²) in [5.41, 5.74) is 6.46. The Labute approximate surface area is 143 Å². The second-order valence-corrected chi connectivity index (χ2v) is 5.52. The van der Waals surface area contributed by atoms with Crippen molar-refractivity contribution in [2.24, 2.45) is 5.10 Å². The van der Waals surface area contributed by atoms with E-state index in [0.717, 1.165) is 22.0 Å². The molecule has 2 aromatic heterocycles. The van der Waals surface area contributed by atoms with Gasteiger partial charge in [-0.15, -0.1) is 0 Å². The van der Waals surface area contributed by atoms with Crippen LogP contribution in [0, 0.1) is 0 Å². The molecule has 0 atom stereocenters. The molecule has 122 valence electrons. The van der Waals surface area contributed by atoms with E-state index in [0.29, 0.717) is 11.4 Å². The van der Waals surface area contributed by atoms with Crippen LogP contribution in [-0.2, 0) is 0 Å². The lowest BCUT2D eigenvalue weighted by atomic mass is 10.1. The fraction of sp³-hybridized carbons (Fsp3) is 0. The van der Waals surface area contributed by atoms with Crippen LogP contribution in [0.3, 0.4) is 0 Å². The van der Waals surface area contributed by atoms with Crippen molar-refractivity contribution >= 4 is 23.0 Å². The molecule has 0 aliphatic heterocycles. The first-order valence-corrected chi connectivity index (χ1v) is 7.81. The van der Waals surface area contributed by atoms with Crippen molar-refractivity contribution in [2.45, 2.75) is 0 Å². The molecule has 0 fully saturated rings. The molecule has 0 radical (unpaired) electrons. The minimum absolute atomic E-state index is 0.342. The lowest BCUT2D eigenvalue weighted by Gasteiger charge is -1.95. The van der Waals surface area contributed by atoms with Crippen LogP contribution in [-0.4, -0.2) is 27.3 Å². The van der Waals surface area contributed by atoms with Crippen molar-refractivity contribution in [2.75, 3.05) is 0 Å². The molecule has 6 heteroatoms. The molecule has 0 aliphatic carbocycles. The van der Waals surface area contributed by atoms with Crippen molar-refractivity contribution in [1.82, 2.24) is 20.6 Å². The summed E-state index contributed by atoms with van der Waals surface area (Å²) in [5.74, 6) is -0.342. The zero-order chi connectivity index (χ0) is 17.1. The average Bonchev–Trinajstić information content (AvgIpc) is 3.30. The highest BCUT2D eigenvalue weighted by atomic mass is 16.2. The van der Waals surface area contributed by atoms with E-state index in [-0.39, 0.29) is 5.91 Å². The van der Waals surface area contributed by atoms with E-state index >= 15 is 0 Å². The van der Waals surface area contributed by atoms with Crippen LogP contribution >= 0.6 is 0 Å². The fourth-order valence-corrected chi connectivity index (χ4v) is 2.62. The average molecular weight is 329 g/mol. The van der Waals surface area contributed by atoms with E-state index in [9.17, 15) is 4.79 Å². The molecule has 0 unspecified atom stereocenters. The Morgan fingerprint density at radius 3 is 2.76 bits per heavy atom. The van der Waals surface area contributed by atoms with Gasteiger partial charge in [-0.3, -0.25) is 9.89 Å². The van der Waals surface area contributed by atoms with Gasteiger partial charge in [0.25, 0.3) is 5.91 Å². The molecular formula is C19H15N5O. The van der Waals surface area contributed by atoms with Crippen LogP contribution in [0.4, 0.5) is 0 Å². The van der Waals surface area contributed by atoms with Gasteiger partial charge in [0.1, 0.15) is 5.69 Å². The Morgan fingerprint density at radius 1 is 1.08 bits per heavy atom. The van der Waals surface area contributed by atoms with Crippen molar-refractivity contribution in [3.63, 3.8) is 0 Å². The zero-order valence-corrected chi connectivity index (χ0v) is 13.2. The molecular weight excluding hydrogens is 314 g/mol. The van der Waals surface area contributed by atoms with E-state index in [1.54, 1.807) is 12.3 Å². The summed E-state index contributed by atoms with van der Waals surface area (Å²) in [5, 5.41) is 12.0. The second-order valence-electron chi connectivity index (χ2n) is 5.52. The highest BCUT2D eigenvalue weighted by Crippen LogP contribution is 2.17. The highest BCUT2D eigenvalue weighted by molar-refractivity contribution is 6.00. The summed E-state index contributed by atoms with van der Waals surface area (Å²) in [4.78, 5) is 15.3. The number of benzene rings is 2. The number of hydrogen-bond acceptors (Lipinski definition) is 3. The van der Waals surface area contributed by atoms with Gasteiger partial charge >= 0.3 is 0 Å². The minimum Gasteiger partial charge on any atom is -0.361 e. The molecule has 1 amide bonds. The normalized spacial score (nSPS) is 11.2. The summed E-state index contributed by atoms with van der Waals surface area (Å²) >= 11 is 0. The fourth-order valence-electron chi connectivity index (χ4n) is 2.62.